The monoisotopic (exact) mass is 562 g/mol. The Bertz CT molecular complexity index is 1740. The van der Waals surface area contributed by atoms with E-state index >= 15 is 0 Å². The van der Waals surface area contributed by atoms with E-state index in [1.165, 1.54) is 0 Å². The second-order valence-electron chi connectivity index (χ2n) is 9.36. The minimum absolute atomic E-state index is 0.0437. The lowest BCUT2D eigenvalue weighted by Gasteiger charge is -2.39. The maximum absolute atomic E-state index is 11.7. The average molecular weight is 563 g/mol. The molecule has 6 rings (SSSR count). The van der Waals surface area contributed by atoms with Gasteiger partial charge in [-0.3, -0.25) is 0 Å². The molecule has 4 nitrogen and oxygen atoms in total. The summed E-state index contributed by atoms with van der Waals surface area (Å²) >= 11 is 3.64. The zero-order chi connectivity index (χ0) is 26.4. The second kappa shape index (κ2) is 9.12. The molecule has 0 radical (unpaired) electrons. The minimum Gasteiger partial charge on any atom is -0.508 e. The van der Waals surface area contributed by atoms with Crippen LogP contribution in [0, 0.1) is 0 Å². The van der Waals surface area contributed by atoms with E-state index in [-0.39, 0.29) is 23.0 Å². The molecule has 186 valence electrons. The van der Waals surface area contributed by atoms with Crippen LogP contribution in [0.4, 0.5) is 0 Å². The molecule has 0 heterocycles. The van der Waals surface area contributed by atoms with Crippen molar-refractivity contribution in [3.05, 3.63) is 142 Å². The molecule has 0 aliphatic carbocycles. The van der Waals surface area contributed by atoms with Crippen LogP contribution < -0.4 is 0 Å². The van der Waals surface area contributed by atoms with Gasteiger partial charge in [-0.15, -0.1) is 0 Å². The minimum atomic E-state index is -1.20. The molecule has 4 N–H and O–H groups in total. The van der Waals surface area contributed by atoms with Gasteiger partial charge in [0.15, 0.2) is 0 Å². The average Bonchev–Trinajstić information content (AvgIpc) is 2.92. The number of hydrogen-bond donors (Lipinski definition) is 4. The van der Waals surface area contributed by atoms with Gasteiger partial charge >= 0.3 is 0 Å². The van der Waals surface area contributed by atoms with Crippen molar-refractivity contribution in [3.63, 3.8) is 0 Å². The lowest BCUT2D eigenvalue weighted by atomic mass is 9.62. The first-order valence-electron chi connectivity index (χ1n) is 12.1. The zero-order valence-electron chi connectivity index (χ0n) is 20.1. The van der Waals surface area contributed by atoms with Gasteiger partial charge in [0.25, 0.3) is 0 Å². The summed E-state index contributed by atoms with van der Waals surface area (Å²) in [6.07, 6.45) is 0. The van der Waals surface area contributed by atoms with Gasteiger partial charge in [0.1, 0.15) is 23.0 Å². The summed E-state index contributed by atoms with van der Waals surface area (Å²) in [4.78, 5) is 0. The van der Waals surface area contributed by atoms with Crippen molar-refractivity contribution in [2.24, 2.45) is 0 Å². The molecular weight excluding hydrogens is 540 g/mol. The van der Waals surface area contributed by atoms with Crippen molar-refractivity contribution in [3.8, 4) is 23.0 Å². The largest absolute Gasteiger partial charge is 0.508 e. The van der Waals surface area contributed by atoms with Gasteiger partial charge in [-0.05, 0) is 81.2 Å². The molecule has 0 spiro atoms. The first-order valence-corrected chi connectivity index (χ1v) is 12.9. The summed E-state index contributed by atoms with van der Waals surface area (Å²) in [5, 5.41) is 46.8. The van der Waals surface area contributed by atoms with E-state index in [0.717, 1.165) is 37.1 Å². The van der Waals surface area contributed by atoms with Crippen LogP contribution in [-0.2, 0) is 5.41 Å². The fraction of sp³-hybridized carbons (Fsp3) is 0.0303. The molecule has 0 bridgehead atoms. The van der Waals surface area contributed by atoms with Gasteiger partial charge in [-0.1, -0.05) is 82.7 Å². The number of phenolic OH excluding ortho intramolecular Hbond substituents is 4. The van der Waals surface area contributed by atoms with Gasteiger partial charge in [-0.25, -0.2) is 0 Å². The maximum atomic E-state index is 11.7. The highest BCUT2D eigenvalue weighted by molar-refractivity contribution is 9.10. The fourth-order valence-corrected chi connectivity index (χ4v) is 6.08. The molecule has 0 amide bonds. The first-order chi connectivity index (χ1) is 18.4. The lowest BCUT2D eigenvalue weighted by Crippen LogP contribution is -2.32. The molecule has 6 aromatic carbocycles. The highest BCUT2D eigenvalue weighted by Crippen LogP contribution is 2.55. The van der Waals surface area contributed by atoms with Crippen molar-refractivity contribution < 1.29 is 20.4 Å². The van der Waals surface area contributed by atoms with Crippen molar-refractivity contribution in [2.45, 2.75) is 5.41 Å². The first kappa shape index (κ1) is 23.9. The lowest BCUT2D eigenvalue weighted by molar-refractivity contribution is 0.449. The van der Waals surface area contributed by atoms with Crippen LogP contribution in [0.1, 0.15) is 22.3 Å². The summed E-state index contributed by atoms with van der Waals surface area (Å²) in [6, 6.07) is 34.5. The Labute approximate surface area is 227 Å². The number of halogens is 1. The number of phenols is 4. The van der Waals surface area contributed by atoms with Crippen LogP contribution in [-0.4, -0.2) is 20.4 Å². The SMILES string of the molecule is Oc1ccc2c(C(c3ccccc3)(c3cccc(Br)c3)c3c(O)ccc4cc(O)ccc34)c(O)ccc2c1. The third-order valence-corrected chi connectivity index (χ3v) is 7.67. The zero-order valence-corrected chi connectivity index (χ0v) is 21.7. The number of fused-ring (bicyclic) bond motifs is 2. The van der Waals surface area contributed by atoms with Crippen molar-refractivity contribution >= 4 is 37.5 Å². The quantitative estimate of drug-likeness (QED) is 0.164. The molecule has 0 aliphatic rings. The van der Waals surface area contributed by atoms with Crippen molar-refractivity contribution in [1.82, 2.24) is 0 Å². The standard InChI is InChI=1S/C33H23BrO4/c34-24-8-4-7-23(19-24)33(22-5-2-1-3-6-22,31-27-13-11-25(35)17-20(27)9-15-29(31)37)32-28-14-12-26(36)18-21(28)10-16-30(32)38/h1-19,35-38H. The molecule has 0 saturated heterocycles. The summed E-state index contributed by atoms with van der Waals surface area (Å²) in [7, 11) is 0. The van der Waals surface area contributed by atoms with Crippen LogP contribution in [0.5, 0.6) is 23.0 Å². The highest BCUT2D eigenvalue weighted by atomic mass is 79.9. The van der Waals surface area contributed by atoms with E-state index in [2.05, 4.69) is 15.9 Å². The molecule has 0 aromatic heterocycles. The Hall–Kier alpha value is -4.48. The molecule has 6 aromatic rings. The number of rotatable bonds is 4. The number of aromatic hydroxyl groups is 4. The summed E-state index contributed by atoms with van der Waals surface area (Å²) in [5.41, 5.74) is 1.56. The Morgan fingerprint density at radius 2 is 1.00 bits per heavy atom. The van der Waals surface area contributed by atoms with E-state index < -0.39 is 5.41 Å². The van der Waals surface area contributed by atoms with E-state index in [1.807, 2.05) is 54.6 Å². The smallest absolute Gasteiger partial charge is 0.121 e. The molecule has 38 heavy (non-hydrogen) atoms. The van der Waals surface area contributed by atoms with Crippen LogP contribution in [0.3, 0.4) is 0 Å². The van der Waals surface area contributed by atoms with Crippen LogP contribution in [0.25, 0.3) is 21.5 Å². The Morgan fingerprint density at radius 1 is 0.474 bits per heavy atom. The van der Waals surface area contributed by atoms with Crippen molar-refractivity contribution in [2.75, 3.05) is 0 Å². The van der Waals surface area contributed by atoms with Gasteiger partial charge in [0.2, 0.25) is 0 Å². The van der Waals surface area contributed by atoms with Crippen LogP contribution in [0.2, 0.25) is 0 Å². The molecule has 5 heteroatoms. The molecule has 0 saturated carbocycles. The van der Waals surface area contributed by atoms with Crippen LogP contribution in [0.15, 0.2) is 120 Å². The van der Waals surface area contributed by atoms with E-state index in [9.17, 15) is 20.4 Å². The van der Waals surface area contributed by atoms with Crippen molar-refractivity contribution in [1.29, 1.82) is 0 Å². The van der Waals surface area contributed by atoms with E-state index in [1.54, 1.807) is 60.7 Å². The fourth-order valence-electron chi connectivity index (χ4n) is 5.68. The van der Waals surface area contributed by atoms with Crippen LogP contribution >= 0.6 is 15.9 Å². The normalized spacial score (nSPS) is 11.7. The van der Waals surface area contributed by atoms with E-state index in [4.69, 9.17) is 0 Å². The molecule has 0 fully saturated rings. The van der Waals surface area contributed by atoms with Gasteiger partial charge in [0, 0.05) is 15.6 Å². The summed E-state index contributed by atoms with van der Waals surface area (Å²) < 4.78 is 0.838. The maximum Gasteiger partial charge on any atom is 0.121 e. The molecule has 0 atom stereocenters. The predicted octanol–water partition coefficient (Wildman–Crippen LogP) is 7.96. The molecule has 0 unspecified atom stereocenters. The van der Waals surface area contributed by atoms with Gasteiger partial charge in [0.05, 0.1) is 5.41 Å². The van der Waals surface area contributed by atoms with Gasteiger partial charge < -0.3 is 20.4 Å². The second-order valence-corrected chi connectivity index (χ2v) is 10.3. The summed E-state index contributed by atoms with van der Waals surface area (Å²) in [6.45, 7) is 0. The predicted molar refractivity (Wildman–Crippen MR) is 154 cm³/mol. The Kier molecular flexibility index (Phi) is 5.73. The molecule has 0 aliphatic heterocycles. The number of hydrogen-bond acceptors (Lipinski definition) is 4. The molecular formula is C33H23BrO4. The topological polar surface area (TPSA) is 80.9 Å². The Morgan fingerprint density at radius 3 is 1.53 bits per heavy atom. The third kappa shape index (κ3) is 3.66. The van der Waals surface area contributed by atoms with Gasteiger partial charge in [-0.2, -0.15) is 0 Å². The van der Waals surface area contributed by atoms with E-state index in [0.29, 0.717) is 11.1 Å². The number of benzene rings is 6. The summed E-state index contributed by atoms with van der Waals surface area (Å²) in [5.74, 6) is 0.320. The highest BCUT2D eigenvalue weighted by Gasteiger charge is 2.44. The Balaban J connectivity index is 1.93. The third-order valence-electron chi connectivity index (χ3n) is 7.18.